The van der Waals surface area contributed by atoms with Gasteiger partial charge in [-0.2, -0.15) is 0 Å². The lowest BCUT2D eigenvalue weighted by atomic mass is 10.2. The predicted octanol–water partition coefficient (Wildman–Crippen LogP) is 2.29. The maximum Gasteiger partial charge on any atom is 0.220 e. The van der Waals surface area contributed by atoms with Gasteiger partial charge in [0.25, 0.3) is 0 Å². The molecule has 0 bridgehead atoms. The normalized spacial score (nSPS) is 11.0. The fourth-order valence-electron chi connectivity index (χ4n) is 2.66. The molecule has 3 rings (SSSR count). The molecule has 0 saturated carbocycles. The van der Waals surface area contributed by atoms with E-state index >= 15 is 0 Å². The first-order chi connectivity index (χ1) is 11.6. The molecule has 1 amide bonds. The minimum atomic E-state index is 0.0478. The van der Waals surface area contributed by atoms with Gasteiger partial charge in [0.15, 0.2) is 5.13 Å². The number of amides is 1. The van der Waals surface area contributed by atoms with Crippen LogP contribution in [-0.4, -0.2) is 27.0 Å². The van der Waals surface area contributed by atoms with Crippen molar-refractivity contribution in [2.45, 2.75) is 25.7 Å². The number of fused-ring (bicyclic) bond motifs is 1. The van der Waals surface area contributed by atoms with Crippen LogP contribution in [0.25, 0.3) is 11.0 Å². The summed E-state index contributed by atoms with van der Waals surface area (Å²) in [5.41, 5.74) is 8.61. The lowest BCUT2D eigenvalue weighted by Crippen LogP contribution is -2.25. The van der Waals surface area contributed by atoms with E-state index in [1.165, 1.54) is 11.3 Å². The summed E-state index contributed by atoms with van der Waals surface area (Å²) in [6.07, 6.45) is 2.78. The van der Waals surface area contributed by atoms with E-state index in [9.17, 15) is 4.79 Å². The van der Waals surface area contributed by atoms with Crippen molar-refractivity contribution in [3.63, 3.8) is 0 Å². The summed E-state index contributed by atoms with van der Waals surface area (Å²) >= 11 is 1.40. The average molecular weight is 343 g/mol. The van der Waals surface area contributed by atoms with Crippen LogP contribution < -0.4 is 11.1 Å². The van der Waals surface area contributed by atoms with E-state index in [2.05, 4.69) is 25.9 Å². The number of benzene rings is 1. The number of nitrogens with two attached hydrogens (primary N) is 1. The summed E-state index contributed by atoms with van der Waals surface area (Å²) in [7, 11) is 2.03. The van der Waals surface area contributed by atoms with Crippen molar-refractivity contribution >= 4 is 33.4 Å². The number of hydrogen-bond donors (Lipinski definition) is 2. The fraction of sp³-hybridized carbons (Fsp3) is 0.353. The zero-order valence-electron chi connectivity index (χ0n) is 13.7. The molecule has 2 heterocycles. The predicted molar refractivity (Wildman–Crippen MR) is 96.9 cm³/mol. The number of rotatable bonds is 7. The van der Waals surface area contributed by atoms with E-state index in [0.29, 0.717) is 24.5 Å². The molecule has 3 aromatic rings. The molecule has 0 aliphatic heterocycles. The fourth-order valence-corrected chi connectivity index (χ4v) is 3.26. The Morgan fingerprint density at radius 1 is 1.29 bits per heavy atom. The first kappa shape index (κ1) is 16.4. The van der Waals surface area contributed by atoms with E-state index in [4.69, 9.17) is 5.73 Å². The van der Waals surface area contributed by atoms with Crippen LogP contribution in [0.1, 0.15) is 24.4 Å². The molecule has 0 fully saturated rings. The third kappa shape index (κ3) is 3.91. The molecule has 2 aromatic heterocycles. The summed E-state index contributed by atoms with van der Waals surface area (Å²) in [5, 5.41) is 5.40. The Labute approximate surface area is 144 Å². The number of nitrogens with zero attached hydrogens (tertiary/aromatic N) is 3. The lowest BCUT2D eigenvalue weighted by Gasteiger charge is -2.05. The Hall–Kier alpha value is -2.41. The van der Waals surface area contributed by atoms with Gasteiger partial charge < -0.3 is 15.6 Å². The summed E-state index contributed by atoms with van der Waals surface area (Å²) in [6.45, 7) is 0.654. The van der Waals surface area contributed by atoms with E-state index in [1.54, 1.807) is 0 Å². The smallest absolute Gasteiger partial charge is 0.220 e. The number of carbonyl (C=O) groups excluding carboxylic acids is 1. The van der Waals surface area contributed by atoms with Gasteiger partial charge in [0.2, 0.25) is 5.91 Å². The largest absolute Gasteiger partial charge is 0.375 e. The number of thiazole rings is 1. The second kappa shape index (κ2) is 7.44. The number of para-hydroxylation sites is 2. The average Bonchev–Trinajstić information content (AvgIpc) is 3.14. The number of imidazole rings is 1. The number of carbonyl (C=O) groups is 1. The van der Waals surface area contributed by atoms with Gasteiger partial charge in [0, 0.05) is 31.8 Å². The topological polar surface area (TPSA) is 85.8 Å². The standard InChI is InChI=1S/C17H21N5OS/c1-22-14-6-3-2-5-13(14)21-15(22)7-4-10-19-16(23)9-8-12-11-24-17(18)20-12/h2-3,5-6,11H,4,7-10H2,1H3,(H2,18,20)(H,19,23). The van der Waals surface area contributed by atoms with Gasteiger partial charge in [-0.1, -0.05) is 12.1 Å². The van der Waals surface area contributed by atoms with Crippen molar-refractivity contribution in [3.05, 3.63) is 41.2 Å². The molecule has 0 aliphatic rings. The molecule has 3 N–H and O–H groups in total. The molecule has 0 spiro atoms. The van der Waals surface area contributed by atoms with Gasteiger partial charge in [0.1, 0.15) is 5.82 Å². The van der Waals surface area contributed by atoms with Crippen molar-refractivity contribution in [2.24, 2.45) is 7.05 Å². The lowest BCUT2D eigenvalue weighted by molar-refractivity contribution is -0.121. The summed E-state index contributed by atoms with van der Waals surface area (Å²) < 4.78 is 2.11. The zero-order valence-corrected chi connectivity index (χ0v) is 14.5. The van der Waals surface area contributed by atoms with Crippen molar-refractivity contribution in [2.75, 3.05) is 12.3 Å². The number of hydrogen-bond acceptors (Lipinski definition) is 5. The van der Waals surface area contributed by atoms with E-state index in [-0.39, 0.29) is 5.91 Å². The van der Waals surface area contributed by atoms with Gasteiger partial charge in [-0.05, 0) is 25.0 Å². The molecule has 126 valence electrons. The number of nitrogen functional groups attached to an aromatic ring is 1. The third-order valence-electron chi connectivity index (χ3n) is 3.96. The highest BCUT2D eigenvalue weighted by Crippen LogP contribution is 2.15. The molecular formula is C17H21N5OS. The Kier molecular flexibility index (Phi) is 5.10. The van der Waals surface area contributed by atoms with Crippen LogP contribution in [0.5, 0.6) is 0 Å². The van der Waals surface area contributed by atoms with Crippen LogP contribution in [0, 0.1) is 0 Å². The van der Waals surface area contributed by atoms with Gasteiger partial charge >= 0.3 is 0 Å². The Morgan fingerprint density at radius 3 is 2.88 bits per heavy atom. The quantitative estimate of drug-likeness (QED) is 0.645. The van der Waals surface area contributed by atoms with Gasteiger partial charge in [-0.3, -0.25) is 4.79 Å². The SMILES string of the molecule is Cn1c(CCCNC(=O)CCc2csc(N)n2)nc2ccccc21. The molecule has 24 heavy (non-hydrogen) atoms. The molecule has 0 atom stereocenters. The molecule has 7 heteroatoms. The second-order valence-corrected chi connectivity index (χ2v) is 6.60. The Bertz CT molecular complexity index is 838. The Balaban J connectivity index is 1.41. The monoisotopic (exact) mass is 343 g/mol. The highest BCUT2D eigenvalue weighted by atomic mass is 32.1. The Morgan fingerprint density at radius 2 is 2.12 bits per heavy atom. The van der Waals surface area contributed by atoms with Crippen molar-refractivity contribution in [3.8, 4) is 0 Å². The molecule has 1 aromatic carbocycles. The van der Waals surface area contributed by atoms with E-state index in [0.717, 1.165) is 35.4 Å². The summed E-state index contributed by atoms with van der Waals surface area (Å²) in [6, 6.07) is 8.10. The van der Waals surface area contributed by atoms with Gasteiger partial charge in [-0.25, -0.2) is 9.97 Å². The van der Waals surface area contributed by atoms with Crippen molar-refractivity contribution in [1.82, 2.24) is 19.9 Å². The van der Waals surface area contributed by atoms with Crippen LogP contribution in [0.2, 0.25) is 0 Å². The van der Waals surface area contributed by atoms with E-state index in [1.807, 2.05) is 30.6 Å². The number of aromatic nitrogens is 3. The third-order valence-corrected chi connectivity index (χ3v) is 4.68. The first-order valence-electron chi connectivity index (χ1n) is 8.00. The molecule has 0 radical (unpaired) electrons. The van der Waals surface area contributed by atoms with Crippen LogP contribution >= 0.6 is 11.3 Å². The number of nitrogens with one attached hydrogen (secondary N) is 1. The maximum absolute atomic E-state index is 11.9. The number of aryl methyl sites for hydroxylation is 3. The minimum absolute atomic E-state index is 0.0478. The van der Waals surface area contributed by atoms with Crippen molar-refractivity contribution in [1.29, 1.82) is 0 Å². The molecule has 0 saturated heterocycles. The van der Waals surface area contributed by atoms with Crippen LogP contribution in [0.4, 0.5) is 5.13 Å². The van der Waals surface area contributed by atoms with Crippen LogP contribution in [0.3, 0.4) is 0 Å². The highest BCUT2D eigenvalue weighted by molar-refractivity contribution is 7.13. The minimum Gasteiger partial charge on any atom is -0.375 e. The van der Waals surface area contributed by atoms with Crippen molar-refractivity contribution < 1.29 is 4.79 Å². The summed E-state index contributed by atoms with van der Waals surface area (Å²) in [4.78, 5) is 20.6. The second-order valence-electron chi connectivity index (χ2n) is 5.71. The molecule has 0 aliphatic carbocycles. The molecule has 6 nitrogen and oxygen atoms in total. The van der Waals surface area contributed by atoms with E-state index < -0.39 is 0 Å². The maximum atomic E-state index is 11.9. The summed E-state index contributed by atoms with van der Waals surface area (Å²) in [5.74, 6) is 1.09. The van der Waals surface area contributed by atoms with Crippen LogP contribution in [0.15, 0.2) is 29.6 Å². The highest BCUT2D eigenvalue weighted by Gasteiger charge is 2.08. The first-order valence-corrected chi connectivity index (χ1v) is 8.88. The zero-order chi connectivity index (χ0) is 16.9. The van der Waals surface area contributed by atoms with Crippen LogP contribution in [-0.2, 0) is 24.7 Å². The molecular weight excluding hydrogens is 322 g/mol. The number of anilines is 1. The van der Waals surface area contributed by atoms with Gasteiger partial charge in [-0.15, -0.1) is 11.3 Å². The molecule has 0 unspecified atom stereocenters. The van der Waals surface area contributed by atoms with Gasteiger partial charge in [0.05, 0.1) is 16.7 Å².